The summed E-state index contributed by atoms with van der Waals surface area (Å²) in [6, 6.07) is 7.62. The Morgan fingerprint density at radius 2 is 1.84 bits per heavy atom. The number of nitrogens with one attached hydrogen (secondary N) is 1. The smallest absolute Gasteiger partial charge is 0.119 e. The van der Waals surface area contributed by atoms with Gasteiger partial charge in [-0.15, -0.1) is 0 Å². The lowest BCUT2D eigenvalue weighted by Gasteiger charge is -2.16. The number of fused-ring (bicyclic) bond motifs is 1. The molecule has 1 fully saturated rings. The first-order valence-corrected chi connectivity index (χ1v) is 7.31. The van der Waals surface area contributed by atoms with Crippen LogP contribution in [-0.4, -0.2) is 13.2 Å². The van der Waals surface area contributed by atoms with Gasteiger partial charge >= 0.3 is 0 Å². The first kappa shape index (κ1) is 13.0. The lowest BCUT2D eigenvalue weighted by Crippen LogP contribution is -2.26. The zero-order chi connectivity index (χ0) is 13.8. The molecular weight excluding hydrogens is 234 g/mol. The SMILES string of the molecule is COc1ccc2c(c1)C(NC1C(C)(C)C1(C)C)CC2. The number of aryl methyl sites for hydroxylation is 1. The monoisotopic (exact) mass is 259 g/mol. The van der Waals surface area contributed by atoms with Crippen molar-refractivity contribution < 1.29 is 4.74 Å². The summed E-state index contributed by atoms with van der Waals surface area (Å²) in [5.74, 6) is 0.974. The summed E-state index contributed by atoms with van der Waals surface area (Å²) in [7, 11) is 1.74. The second-order valence-corrected chi connectivity index (χ2v) is 7.20. The molecule has 2 heteroatoms. The molecule has 2 aliphatic rings. The van der Waals surface area contributed by atoms with Crippen LogP contribution in [0, 0.1) is 10.8 Å². The summed E-state index contributed by atoms with van der Waals surface area (Å²) in [5.41, 5.74) is 3.72. The van der Waals surface area contributed by atoms with Crippen LogP contribution >= 0.6 is 0 Å². The molecule has 104 valence electrons. The third kappa shape index (κ3) is 1.80. The molecule has 0 radical (unpaired) electrons. The Hall–Kier alpha value is -1.02. The number of methoxy groups -OCH3 is 1. The van der Waals surface area contributed by atoms with Gasteiger partial charge in [0.2, 0.25) is 0 Å². The minimum atomic E-state index is 0.397. The van der Waals surface area contributed by atoms with Crippen LogP contribution in [0.1, 0.15) is 51.3 Å². The Kier molecular flexibility index (Phi) is 2.72. The van der Waals surface area contributed by atoms with E-state index in [1.807, 2.05) is 0 Å². The standard InChI is InChI=1S/C17H25NO/c1-16(2)15(17(16,3)4)18-14-9-7-11-6-8-12(19-5)10-13(11)14/h6,8,10,14-15,18H,7,9H2,1-5H3. The third-order valence-electron chi connectivity index (χ3n) is 5.82. The van der Waals surface area contributed by atoms with Gasteiger partial charge in [-0.3, -0.25) is 0 Å². The molecule has 0 heterocycles. The van der Waals surface area contributed by atoms with E-state index in [-0.39, 0.29) is 0 Å². The highest BCUT2D eigenvalue weighted by atomic mass is 16.5. The molecular formula is C17H25NO. The van der Waals surface area contributed by atoms with Gasteiger partial charge in [-0.05, 0) is 46.9 Å². The van der Waals surface area contributed by atoms with Crippen LogP contribution in [0.5, 0.6) is 5.75 Å². The van der Waals surface area contributed by atoms with Crippen LogP contribution in [0.3, 0.4) is 0 Å². The van der Waals surface area contributed by atoms with Gasteiger partial charge in [0.05, 0.1) is 7.11 Å². The van der Waals surface area contributed by atoms with Crippen molar-refractivity contribution in [3.05, 3.63) is 29.3 Å². The maximum Gasteiger partial charge on any atom is 0.119 e. The van der Waals surface area contributed by atoms with Crippen molar-refractivity contribution >= 4 is 0 Å². The Bertz CT molecular complexity index is 490. The van der Waals surface area contributed by atoms with Crippen molar-refractivity contribution in [1.29, 1.82) is 0 Å². The van der Waals surface area contributed by atoms with Crippen molar-refractivity contribution in [2.45, 2.75) is 52.6 Å². The topological polar surface area (TPSA) is 21.3 Å². The zero-order valence-electron chi connectivity index (χ0n) is 12.7. The molecule has 0 aliphatic heterocycles. The molecule has 2 nitrogen and oxygen atoms in total. The highest BCUT2D eigenvalue weighted by Gasteiger charge is 2.65. The fourth-order valence-corrected chi connectivity index (χ4v) is 3.69. The average Bonchev–Trinajstić information content (AvgIpc) is 2.69. The minimum Gasteiger partial charge on any atom is -0.497 e. The van der Waals surface area contributed by atoms with Crippen molar-refractivity contribution in [3.8, 4) is 5.75 Å². The Balaban J connectivity index is 1.80. The number of ether oxygens (including phenoxy) is 1. The molecule has 1 N–H and O–H groups in total. The van der Waals surface area contributed by atoms with Crippen LogP contribution in [0.4, 0.5) is 0 Å². The van der Waals surface area contributed by atoms with Crippen molar-refractivity contribution in [3.63, 3.8) is 0 Å². The second kappa shape index (κ2) is 3.99. The molecule has 3 rings (SSSR count). The van der Waals surface area contributed by atoms with Crippen molar-refractivity contribution in [2.75, 3.05) is 7.11 Å². The number of hydrogen-bond donors (Lipinski definition) is 1. The predicted octanol–water partition coefficient (Wildman–Crippen LogP) is 3.71. The quantitative estimate of drug-likeness (QED) is 0.893. The molecule has 2 aliphatic carbocycles. The minimum absolute atomic E-state index is 0.397. The molecule has 1 aromatic carbocycles. The summed E-state index contributed by atoms with van der Waals surface area (Å²) < 4.78 is 5.36. The van der Waals surface area contributed by atoms with E-state index in [1.165, 1.54) is 24.0 Å². The molecule has 0 bridgehead atoms. The Labute approximate surface area is 116 Å². The van der Waals surface area contributed by atoms with E-state index in [0.717, 1.165) is 5.75 Å². The first-order chi connectivity index (χ1) is 8.88. The zero-order valence-corrected chi connectivity index (χ0v) is 12.7. The molecule has 19 heavy (non-hydrogen) atoms. The summed E-state index contributed by atoms with van der Waals surface area (Å²) in [6.45, 7) is 9.47. The van der Waals surface area contributed by atoms with Gasteiger partial charge in [-0.1, -0.05) is 33.8 Å². The lowest BCUT2D eigenvalue weighted by molar-refractivity contribution is 0.412. The third-order valence-corrected chi connectivity index (χ3v) is 5.82. The highest BCUT2D eigenvalue weighted by Crippen LogP contribution is 2.63. The van der Waals surface area contributed by atoms with Gasteiger partial charge in [0.1, 0.15) is 5.75 Å². The van der Waals surface area contributed by atoms with Crippen LogP contribution < -0.4 is 10.1 Å². The predicted molar refractivity (Wildman–Crippen MR) is 78.5 cm³/mol. The summed E-state index contributed by atoms with van der Waals surface area (Å²) in [6.07, 6.45) is 2.40. The number of benzene rings is 1. The van der Waals surface area contributed by atoms with Gasteiger partial charge in [0, 0.05) is 12.1 Å². The maximum atomic E-state index is 5.36. The molecule has 0 saturated heterocycles. The van der Waals surface area contributed by atoms with Crippen LogP contribution in [0.2, 0.25) is 0 Å². The van der Waals surface area contributed by atoms with Crippen molar-refractivity contribution in [2.24, 2.45) is 10.8 Å². The van der Waals surface area contributed by atoms with Crippen LogP contribution in [0.15, 0.2) is 18.2 Å². The van der Waals surface area contributed by atoms with Crippen LogP contribution in [-0.2, 0) is 6.42 Å². The van der Waals surface area contributed by atoms with E-state index in [4.69, 9.17) is 4.74 Å². The number of rotatable bonds is 3. The van der Waals surface area contributed by atoms with E-state index >= 15 is 0 Å². The molecule has 1 unspecified atom stereocenters. The Morgan fingerprint density at radius 3 is 2.42 bits per heavy atom. The van der Waals surface area contributed by atoms with E-state index in [0.29, 0.717) is 22.9 Å². The molecule has 1 saturated carbocycles. The molecule has 1 atom stereocenters. The highest BCUT2D eigenvalue weighted by molar-refractivity contribution is 5.41. The van der Waals surface area contributed by atoms with Crippen molar-refractivity contribution in [1.82, 2.24) is 5.32 Å². The van der Waals surface area contributed by atoms with Gasteiger partial charge in [-0.2, -0.15) is 0 Å². The molecule has 1 aromatic rings. The molecule has 0 spiro atoms. The second-order valence-electron chi connectivity index (χ2n) is 7.20. The average molecular weight is 259 g/mol. The molecule has 0 aromatic heterocycles. The summed E-state index contributed by atoms with van der Waals surface area (Å²) in [4.78, 5) is 0. The van der Waals surface area contributed by atoms with Gasteiger partial charge in [-0.25, -0.2) is 0 Å². The molecule has 0 amide bonds. The largest absolute Gasteiger partial charge is 0.497 e. The van der Waals surface area contributed by atoms with E-state index in [2.05, 4.69) is 51.2 Å². The fourth-order valence-electron chi connectivity index (χ4n) is 3.69. The number of hydrogen-bond acceptors (Lipinski definition) is 2. The van der Waals surface area contributed by atoms with Gasteiger partial charge in [0.25, 0.3) is 0 Å². The summed E-state index contributed by atoms with van der Waals surface area (Å²) in [5, 5.41) is 3.89. The Morgan fingerprint density at radius 1 is 1.16 bits per heavy atom. The van der Waals surface area contributed by atoms with E-state index in [9.17, 15) is 0 Å². The van der Waals surface area contributed by atoms with Gasteiger partial charge in [0.15, 0.2) is 0 Å². The maximum absolute atomic E-state index is 5.36. The van der Waals surface area contributed by atoms with Gasteiger partial charge < -0.3 is 10.1 Å². The van der Waals surface area contributed by atoms with Crippen LogP contribution in [0.25, 0.3) is 0 Å². The van der Waals surface area contributed by atoms with E-state index in [1.54, 1.807) is 7.11 Å². The summed E-state index contributed by atoms with van der Waals surface area (Å²) >= 11 is 0. The first-order valence-electron chi connectivity index (χ1n) is 7.31. The van der Waals surface area contributed by atoms with E-state index < -0.39 is 0 Å². The fraction of sp³-hybridized carbons (Fsp3) is 0.647. The lowest BCUT2D eigenvalue weighted by atomic mass is 10.0. The normalized spacial score (nSPS) is 27.1.